The number of ether oxygens (including phenoxy) is 1. The quantitative estimate of drug-likeness (QED) is 0.721. The molecule has 0 amide bonds. The van der Waals surface area contributed by atoms with E-state index in [2.05, 4.69) is 27.7 Å². The normalized spacial score (nSPS) is 47.4. The summed E-state index contributed by atoms with van der Waals surface area (Å²) in [5.74, 6) is 0.715. The zero-order valence-electron chi connectivity index (χ0n) is 11.6. The lowest BCUT2D eigenvalue weighted by molar-refractivity contribution is -0.0481. The van der Waals surface area contributed by atoms with Crippen molar-refractivity contribution < 1.29 is 17.3 Å². The standard InChI is InChI=1S/C13H22O4S/c1-6(2)13(7(3)4)11-8(5)10-9(16-11)12(13)17-18(10,14)15/h6-12H,1-5H3. The zero-order chi connectivity index (χ0) is 13.5. The summed E-state index contributed by atoms with van der Waals surface area (Å²) >= 11 is 0. The minimum absolute atomic E-state index is 0.00905. The van der Waals surface area contributed by atoms with Crippen LogP contribution in [0.15, 0.2) is 0 Å². The maximum atomic E-state index is 12.1. The largest absolute Gasteiger partial charge is 0.370 e. The summed E-state index contributed by atoms with van der Waals surface area (Å²) < 4.78 is 35.8. The average Bonchev–Trinajstić information content (AvgIpc) is 2.75. The van der Waals surface area contributed by atoms with Crippen molar-refractivity contribution in [1.82, 2.24) is 0 Å². The van der Waals surface area contributed by atoms with Crippen LogP contribution in [0.4, 0.5) is 0 Å². The topological polar surface area (TPSA) is 52.6 Å². The Morgan fingerprint density at radius 3 is 2.11 bits per heavy atom. The molecule has 5 unspecified atom stereocenters. The second-order valence-corrected chi connectivity index (χ2v) is 8.39. The molecule has 0 N–H and O–H groups in total. The van der Waals surface area contributed by atoms with Crippen molar-refractivity contribution in [2.75, 3.05) is 0 Å². The van der Waals surface area contributed by atoms with E-state index < -0.39 is 15.4 Å². The Kier molecular flexibility index (Phi) is 2.50. The van der Waals surface area contributed by atoms with Gasteiger partial charge in [-0.15, -0.1) is 0 Å². The Morgan fingerprint density at radius 2 is 1.61 bits per heavy atom. The van der Waals surface area contributed by atoms with E-state index in [1.165, 1.54) is 0 Å². The molecule has 3 fully saturated rings. The number of fused-ring (bicyclic) bond motifs is 1. The highest BCUT2D eigenvalue weighted by molar-refractivity contribution is 7.87. The molecule has 0 saturated carbocycles. The smallest absolute Gasteiger partial charge is 0.273 e. The Balaban J connectivity index is 2.17. The molecule has 3 saturated heterocycles. The van der Waals surface area contributed by atoms with Gasteiger partial charge in [-0.3, -0.25) is 4.18 Å². The summed E-state index contributed by atoms with van der Waals surface area (Å²) in [7, 11) is -3.44. The average molecular weight is 274 g/mol. The van der Waals surface area contributed by atoms with Crippen LogP contribution in [0.3, 0.4) is 0 Å². The van der Waals surface area contributed by atoms with Crippen LogP contribution in [0.25, 0.3) is 0 Å². The fourth-order valence-corrected chi connectivity index (χ4v) is 6.76. The van der Waals surface area contributed by atoms with E-state index in [1.54, 1.807) is 0 Å². The van der Waals surface area contributed by atoms with Crippen molar-refractivity contribution in [3.05, 3.63) is 0 Å². The molecule has 4 nitrogen and oxygen atoms in total. The molecule has 0 spiro atoms. The van der Waals surface area contributed by atoms with Gasteiger partial charge in [0, 0.05) is 11.3 Å². The Morgan fingerprint density at radius 1 is 1.06 bits per heavy atom. The van der Waals surface area contributed by atoms with Gasteiger partial charge in [0.2, 0.25) is 0 Å². The van der Waals surface area contributed by atoms with Crippen LogP contribution in [-0.4, -0.2) is 32.0 Å². The van der Waals surface area contributed by atoms with E-state index >= 15 is 0 Å². The van der Waals surface area contributed by atoms with Gasteiger partial charge in [0.25, 0.3) is 10.1 Å². The van der Waals surface area contributed by atoms with Crippen molar-refractivity contribution in [3.63, 3.8) is 0 Å². The van der Waals surface area contributed by atoms with Crippen LogP contribution < -0.4 is 0 Å². The molecule has 2 bridgehead atoms. The first kappa shape index (κ1) is 12.9. The molecule has 5 atom stereocenters. The summed E-state index contributed by atoms with van der Waals surface area (Å²) in [6.07, 6.45) is -0.525. The van der Waals surface area contributed by atoms with Gasteiger partial charge in [0.15, 0.2) is 0 Å². The summed E-state index contributed by atoms with van der Waals surface area (Å²) in [6, 6.07) is 0. The third-order valence-electron chi connectivity index (χ3n) is 5.48. The lowest BCUT2D eigenvalue weighted by Gasteiger charge is -2.46. The van der Waals surface area contributed by atoms with E-state index in [-0.39, 0.29) is 29.6 Å². The second kappa shape index (κ2) is 3.49. The lowest BCUT2D eigenvalue weighted by atomic mass is 9.57. The third-order valence-corrected chi connectivity index (χ3v) is 7.32. The van der Waals surface area contributed by atoms with Crippen molar-refractivity contribution in [2.45, 2.75) is 58.2 Å². The fraction of sp³-hybridized carbons (Fsp3) is 1.00. The van der Waals surface area contributed by atoms with Gasteiger partial charge in [-0.2, -0.15) is 8.42 Å². The van der Waals surface area contributed by atoms with Crippen LogP contribution in [0, 0.1) is 23.2 Å². The molecule has 0 radical (unpaired) electrons. The minimum Gasteiger partial charge on any atom is -0.370 e. The Labute approximate surface area is 109 Å². The molecule has 3 aliphatic rings. The fourth-order valence-electron chi connectivity index (χ4n) is 4.86. The molecule has 0 aromatic heterocycles. The monoisotopic (exact) mass is 274 g/mol. The first-order chi connectivity index (χ1) is 8.24. The van der Waals surface area contributed by atoms with Gasteiger partial charge in [-0.1, -0.05) is 34.6 Å². The van der Waals surface area contributed by atoms with Crippen molar-refractivity contribution in [1.29, 1.82) is 0 Å². The molecule has 3 aliphatic heterocycles. The summed E-state index contributed by atoms with van der Waals surface area (Å²) in [4.78, 5) is 0. The van der Waals surface area contributed by atoms with Crippen LogP contribution in [-0.2, 0) is 19.0 Å². The van der Waals surface area contributed by atoms with Gasteiger partial charge in [0.1, 0.15) is 17.5 Å². The lowest BCUT2D eigenvalue weighted by Crippen LogP contribution is -2.55. The van der Waals surface area contributed by atoms with Gasteiger partial charge in [-0.25, -0.2) is 0 Å². The van der Waals surface area contributed by atoms with Crippen LogP contribution >= 0.6 is 0 Å². The summed E-state index contributed by atoms with van der Waals surface area (Å²) in [6.45, 7) is 10.6. The van der Waals surface area contributed by atoms with E-state index in [0.717, 1.165) is 0 Å². The third kappa shape index (κ3) is 1.17. The predicted molar refractivity (Wildman–Crippen MR) is 67.5 cm³/mol. The molecule has 5 heteroatoms. The van der Waals surface area contributed by atoms with Gasteiger partial charge < -0.3 is 4.74 Å². The molecule has 0 aliphatic carbocycles. The van der Waals surface area contributed by atoms with E-state index in [4.69, 9.17) is 8.92 Å². The number of rotatable bonds is 2. The predicted octanol–water partition coefficient (Wildman–Crippen LogP) is 1.80. The van der Waals surface area contributed by atoms with Crippen LogP contribution in [0.1, 0.15) is 34.6 Å². The van der Waals surface area contributed by atoms with Gasteiger partial charge >= 0.3 is 0 Å². The number of hydrogen-bond donors (Lipinski definition) is 0. The molecule has 0 aromatic rings. The highest BCUT2D eigenvalue weighted by Crippen LogP contribution is 2.63. The first-order valence-electron chi connectivity index (χ1n) is 6.82. The molecule has 3 rings (SSSR count). The van der Waals surface area contributed by atoms with Crippen molar-refractivity contribution in [2.24, 2.45) is 23.2 Å². The van der Waals surface area contributed by atoms with Gasteiger partial charge in [-0.05, 0) is 11.8 Å². The van der Waals surface area contributed by atoms with E-state index in [0.29, 0.717) is 11.8 Å². The summed E-state index contributed by atoms with van der Waals surface area (Å²) in [5, 5.41) is -0.446. The Bertz CT molecular complexity index is 459. The van der Waals surface area contributed by atoms with E-state index in [9.17, 15) is 8.42 Å². The summed E-state index contributed by atoms with van der Waals surface area (Å²) in [5.41, 5.74) is -0.176. The highest BCUT2D eigenvalue weighted by Gasteiger charge is 2.76. The SMILES string of the molecule is CC1C2OC3C(OS(=O)(=O)C13)C2(C(C)C)C(C)C. The maximum absolute atomic E-state index is 12.1. The van der Waals surface area contributed by atoms with Crippen LogP contribution in [0.5, 0.6) is 0 Å². The molecule has 104 valence electrons. The molecular formula is C13H22O4S. The number of hydrogen-bond acceptors (Lipinski definition) is 4. The van der Waals surface area contributed by atoms with E-state index in [1.807, 2.05) is 6.92 Å². The Hall–Kier alpha value is -0.130. The maximum Gasteiger partial charge on any atom is 0.273 e. The molecule has 18 heavy (non-hydrogen) atoms. The van der Waals surface area contributed by atoms with Crippen molar-refractivity contribution in [3.8, 4) is 0 Å². The molecule has 3 heterocycles. The van der Waals surface area contributed by atoms with Crippen molar-refractivity contribution >= 4 is 10.1 Å². The second-order valence-electron chi connectivity index (χ2n) is 6.66. The molecular weight excluding hydrogens is 252 g/mol. The minimum atomic E-state index is -3.44. The first-order valence-corrected chi connectivity index (χ1v) is 8.29. The molecule has 0 aromatic carbocycles. The zero-order valence-corrected chi connectivity index (χ0v) is 12.4. The van der Waals surface area contributed by atoms with Gasteiger partial charge in [0.05, 0.1) is 6.10 Å². The highest BCUT2D eigenvalue weighted by atomic mass is 32.2. The van der Waals surface area contributed by atoms with Crippen LogP contribution in [0.2, 0.25) is 0 Å².